The van der Waals surface area contributed by atoms with Gasteiger partial charge in [0.2, 0.25) is 0 Å². The number of likely N-dealkylation sites (tertiary alicyclic amines) is 1. The summed E-state index contributed by atoms with van der Waals surface area (Å²) in [6.07, 6.45) is 13.5. The van der Waals surface area contributed by atoms with E-state index in [4.69, 9.17) is 4.74 Å². The van der Waals surface area contributed by atoms with Crippen LogP contribution in [0, 0.1) is 0 Å². The van der Waals surface area contributed by atoms with E-state index in [1.165, 1.54) is 86.0 Å². The van der Waals surface area contributed by atoms with Gasteiger partial charge in [0.05, 0.1) is 12.9 Å². The third kappa shape index (κ3) is 5.44. The van der Waals surface area contributed by atoms with Crippen LogP contribution in [0.4, 0.5) is 0 Å². The topological polar surface area (TPSA) is 40.3 Å². The average Bonchev–Trinajstić information content (AvgIpc) is 3.00. The Morgan fingerprint density at radius 2 is 2.00 bits per heavy atom. The van der Waals surface area contributed by atoms with E-state index in [9.17, 15) is 0 Å². The Kier molecular flexibility index (Phi) is 8.11. The molecule has 1 aromatic carbocycles. The maximum atomic E-state index is 5.42. The molecule has 0 spiro atoms. The number of aryl methyl sites for hydroxylation is 1. The molecule has 2 aliphatic heterocycles. The molecule has 0 bridgehead atoms. The van der Waals surface area contributed by atoms with E-state index in [2.05, 4.69) is 59.1 Å². The van der Waals surface area contributed by atoms with Crippen molar-refractivity contribution >= 4 is 16.5 Å². The number of H-pyrrole nitrogens is 1. The first-order valence-electron chi connectivity index (χ1n) is 12.8. The van der Waals surface area contributed by atoms with Crippen LogP contribution in [0.2, 0.25) is 0 Å². The van der Waals surface area contributed by atoms with Crippen molar-refractivity contribution in [2.24, 2.45) is 0 Å². The summed E-state index contributed by atoms with van der Waals surface area (Å²) in [7, 11) is 1.72. The van der Waals surface area contributed by atoms with Crippen LogP contribution >= 0.6 is 0 Å². The molecular weight excluding hydrogens is 406 g/mol. The predicted molar refractivity (Wildman–Crippen MR) is 141 cm³/mol. The summed E-state index contributed by atoms with van der Waals surface area (Å²) in [5.74, 6) is 1.55. The average molecular weight is 448 g/mol. The van der Waals surface area contributed by atoms with Crippen molar-refractivity contribution < 1.29 is 4.74 Å². The zero-order valence-electron chi connectivity index (χ0n) is 20.8. The fourth-order valence-electron chi connectivity index (χ4n) is 5.71. The van der Waals surface area contributed by atoms with Crippen LogP contribution in [0.5, 0.6) is 0 Å². The number of piperidine rings is 1. The van der Waals surface area contributed by atoms with Crippen LogP contribution in [0.25, 0.3) is 16.5 Å². The second-order valence-corrected chi connectivity index (χ2v) is 9.60. The Morgan fingerprint density at radius 1 is 1.18 bits per heavy atom. The van der Waals surface area contributed by atoms with Crippen LogP contribution in [0.15, 0.2) is 48.8 Å². The number of benzene rings is 1. The molecule has 0 radical (unpaired) electrons. The third-order valence-corrected chi connectivity index (χ3v) is 7.61. The molecule has 2 fully saturated rings. The van der Waals surface area contributed by atoms with E-state index in [0.29, 0.717) is 5.92 Å². The number of methoxy groups -OCH3 is 1. The van der Waals surface area contributed by atoms with Crippen molar-refractivity contribution in [1.82, 2.24) is 15.2 Å². The van der Waals surface area contributed by atoms with Crippen molar-refractivity contribution in [3.05, 3.63) is 65.6 Å². The number of hydrogen-bond donors (Lipinski definition) is 2. The van der Waals surface area contributed by atoms with E-state index in [0.717, 1.165) is 23.8 Å². The van der Waals surface area contributed by atoms with Crippen molar-refractivity contribution in [2.45, 2.75) is 64.3 Å². The van der Waals surface area contributed by atoms with Crippen molar-refractivity contribution in [2.75, 3.05) is 33.3 Å². The number of fused-ring (bicyclic) bond motifs is 1. The second kappa shape index (κ2) is 11.2. The van der Waals surface area contributed by atoms with Gasteiger partial charge in [-0.25, -0.2) is 0 Å². The van der Waals surface area contributed by atoms with Gasteiger partial charge >= 0.3 is 0 Å². The Balaban J connectivity index is 1.56. The monoisotopic (exact) mass is 447 g/mol. The van der Waals surface area contributed by atoms with Crippen LogP contribution in [-0.4, -0.2) is 49.2 Å². The fraction of sp³-hybridized carbons (Fsp3) is 0.517. The smallest absolute Gasteiger partial charge is 0.0931 e. The molecule has 3 heterocycles. The van der Waals surface area contributed by atoms with Crippen LogP contribution in [-0.2, 0) is 11.2 Å². The van der Waals surface area contributed by atoms with Gasteiger partial charge in [0, 0.05) is 28.2 Å². The largest absolute Gasteiger partial charge is 0.501 e. The normalized spacial score (nSPS) is 21.8. The molecular formula is C29H41N3O. The lowest BCUT2D eigenvalue weighted by Gasteiger charge is -2.37. The Labute approximate surface area is 199 Å². The lowest BCUT2D eigenvalue weighted by Crippen LogP contribution is -2.41. The molecule has 4 nitrogen and oxygen atoms in total. The highest BCUT2D eigenvalue weighted by Crippen LogP contribution is 2.35. The molecule has 1 unspecified atom stereocenters. The number of rotatable bonds is 7. The van der Waals surface area contributed by atoms with E-state index in [1.54, 1.807) is 7.11 Å². The molecule has 0 amide bonds. The minimum absolute atomic E-state index is 0.663. The highest BCUT2D eigenvalue weighted by Gasteiger charge is 2.26. The molecule has 2 N–H and O–H groups in total. The summed E-state index contributed by atoms with van der Waals surface area (Å²) in [4.78, 5) is 6.45. The predicted octanol–water partition coefficient (Wildman–Crippen LogP) is 6.17. The highest BCUT2D eigenvalue weighted by atomic mass is 16.5. The molecule has 2 aliphatic rings. The molecule has 178 valence electrons. The first kappa shape index (κ1) is 23.8. The standard InChI is InChI=1S/C29H41N3O/c1-5-8-24(19-21(3)33-4)29-26(6-2)27-20-23(10-11-28(27)31-29)22-13-17-32(18-14-22)25-9-7-15-30-16-12-25/h5,8,10-11,19-20,22,25,30-31H,1,6-7,9,12-18H2,2-4H3/b21-19+,24-8+. The molecule has 4 heteroatoms. The number of allylic oxidation sites excluding steroid dienone is 5. The first-order valence-corrected chi connectivity index (χ1v) is 12.8. The van der Waals surface area contributed by atoms with Crippen LogP contribution < -0.4 is 5.32 Å². The fourth-order valence-corrected chi connectivity index (χ4v) is 5.71. The summed E-state index contributed by atoms with van der Waals surface area (Å²) in [6, 6.07) is 7.88. The SMILES string of the molecule is C=C/C=C(\C=C(/C)OC)c1[nH]c2ccc(C3CCN(C4CCCNCC4)CC3)cc2c1CC. The molecule has 33 heavy (non-hydrogen) atoms. The maximum absolute atomic E-state index is 5.42. The van der Waals surface area contributed by atoms with Crippen molar-refractivity contribution in [3.8, 4) is 0 Å². The molecule has 1 atom stereocenters. The lowest BCUT2D eigenvalue weighted by atomic mass is 9.87. The van der Waals surface area contributed by atoms with Gasteiger partial charge in [-0.3, -0.25) is 0 Å². The van der Waals surface area contributed by atoms with Crippen LogP contribution in [0.1, 0.15) is 68.7 Å². The third-order valence-electron chi connectivity index (χ3n) is 7.61. The molecule has 1 aromatic heterocycles. The Morgan fingerprint density at radius 3 is 2.73 bits per heavy atom. The summed E-state index contributed by atoms with van der Waals surface area (Å²) in [5, 5.41) is 4.92. The van der Waals surface area contributed by atoms with Gasteiger partial charge < -0.3 is 19.9 Å². The zero-order chi connectivity index (χ0) is 23.2. The number of nitrogens with one attached hydrogen (secondary N) is 2. The molecule has 0 saturated carbocycles. The van der Waals surface area contributed by atoms with Gasteiger partial charge in [0.15, 0.2) is 0 Å². The van der Waals surface area contributed by atoms with Gasteiger partial charge in [-0.15, -0.1) is 0 Å². The van der Waals surface area contributed by atoms with Gasteiger partial charge in [-0.1, -0.05) is 31.7 Å². The first-order chi connectivity index (χ1) is 16.1. The van der Waals surface area contributed by atoms with Gasteiger partial charge in [-0.05, 0) is 107 Å². The lowest BCUT2D eigenvalue weighted by molar-refractivity contribution is 0.141. The Bertz CT molecular complexity index is 999. The summed E-state index contributed by atoms with van der Waals surface area (Å²) in [5.41, 5.74) is 6.39. The summed E-state index contributed by atoms with van der Waals surface area (Å²) >= 11 is 0. The number of hydrogen-bond acceptors (Lipinski definition) is 3. The van der Waals surface area contributed by atoms with E-state index < -0.39 is 0 Å². The van der Waals surface area contributed by atoms with Gasteiger partial charge in [-0.2, -0.15) is 0 Å². The van der Waals surface area contributed by atoms with Gasteiger partial charge in [0.25, 0.3) is 0 Å². The minimum atomic E-state index is 0.663. The molecule has 2 aromatic rings. The van der Waals surface area contributed by atoms with Crippen molar-refractivity contribution in [3.63, 3.8) is 0 Å². The van der Waals surface area contributed by atoms with E-state index >= 15 is 0 Å². The number of aromatic nitrogens is 1. The highest BCUT2D eigenvalue weighted by molar-refractivity contribution is 5.92. The minimum Gasteiger partial charge on any atom is -0.501 e. The molecule has 0 aliphatic carbocycles. The van der Waals surface area contributed by atoms with Crippen molar-refractivity contribution in [1.29, 1.82) is 0 Å². The second-order valence-electron chi connectivity index (χ2n) is 9.60. The maximum Gasteiger partial charge on any atom is 0.0931 e. The van der Waals surface area contributed by atoms with Crippen LogP contribution in [0.3, 0.4) is 0 Å². The number of aromatic amines is 1. The summed E-state index contributed by atoms with van der Waals surface area (Å²) < 4.78 is 5.42. The quantitative estimate of drug-likeness (QED) is 0.394. The summed E-state index contributed by atoms with van der Waals surface area (Å²) in [6.45, 7) is 13.0. The number of ether oxygens (including phenoxy) is 1. The molecule has 4 rings (SSSR count). The van der Waals surface area contributed by atoms with E-state index in [-0.39, 0.29) is 0 Å². The van der Waals surface area contributed by atoms with E-state index in [1.807, 2.05) is 13.0 Å². The Hall–Kier alpha value is -2.30. The number of nitrogens with zero attached hydrogens (tertiary/aromatic N) is 1. The molecule has 2 saturated heterocycles. The zero-order valence-corrected chi connectivity index (χ0v) is 20.8. The van der Waals surface area contributed by atoms with Gasteiger partial charge in [0.1, 0.15) is 0 Å².